The first kappa shape index (κ1) is 14.0. The van der Waals surface area contributed by atoms with Crippen LogP contribution >= 0.6 is 11.3 Å². The van der Waals surface area contributed by atoms with Gasteiger partial charge in [-0.25, -0.2) is 0 Å². The molecule has 20 heavy (non-hydrogen) atoms. The van der Waals surface area contributed by atoms with Gasteiger partial charge in [-0.2, -0.15) is 0 Å². The van der Waals surface area contributed by atoms with Gasteiger partial charge in [0.25, 0.3) is 5.91 Å². The van der Waals surface area contributed by atoms with Crippen molar-refractivity contribution in [2.75, 3.05) is 26.3 Å². The minimum Gasteiger partial charge on any atom is -0.394 e. The zero-order chi connectivity index (χ0) is 13.9. The highest BCUT2D eigenvalue weighted by Gasteiger charge is 2.26. The van der Waals surface area contributed by atoms with Gasteiger partial charge >= 0.3 is 0 Å². The third kappa shape index (κ3) is 2.90. The van der Waals surface area contributed by atoms with Crippen molar-refractivity contribution in [1.29, 1.82) is 0 Å². The third-order valence-corrected chi connectivity index (χ3v) is 5.36. The van der Waals surface area contributed by atoms with Gasteiger partial charge < -0.3 is 14.7 Å². The monoisotopic (exact) mass is 295 g/mol. The molecule has 0 spiro atoms. The second-order valence-electron chi connectivity index (χ2n) is 5.50. The molecule has 2 aliphatic rings. The molecule has 1 aliphatic carbocycles. The Kier molecular flexibility index (Phi) is 4.38. The molecular weight excluding hydrogens is 274 g/mol. The lowest BCUT2D eigenvalue weighted by Crippen LogP contribution is -2.40. The van der Waals surface area contributed by atoms with Crippen LogP contribution in [0.4, 0.5) is 0 Å². The number of aryl methyl sites for hydroxylation is 2. The summed E-state index contributed by atoms with van der Waals surface area (Å²) >= 11 is 1.68. The summed E-state index contributed by atoms with van der Waals surface area (Å²) in [5.74, 6) is 0.185. The fraction of sp³-hybridized carbons (Fsp3) is 0.667. The summed E-state index contributed by atoms with van der Waals surface area (Å²) < 4.78 is 5.53. The number of hydrogen-bond acceptors (Lipinski definition) is 4. The highest BCUT2D eigenvalue weighted by molar-refractivity contribution is 7.14. The molecule has 2 heterocycles. The molecule has 1 fully saturated rings. The summed E-state index contributed by atoms with van der Waals surface area (Å²) in [5, 5.41) is 8.75. The van der Waals surface area contributed by atoms with E-state index in [1.807, 2.05) is 4.90 Å². The molecule has 5 heteroatoms. The number of carbonyl (C=O) groups is 1. The predicted molar refractivity (Wildman–Crippen MR) is 78.3 cm³/mol. The highest BCUT2D eigenvalue weighted by Crippen LogP contribution is 2.31. The Morgan fingerprint density at radius 3 is 2.90 bits per heavy atom. The normalized spacial score (nSPS) is 19.4. The average molecular weight is 295 g/mol. The molecular formula is C15H21NO3S. The lowest BCUT2D eigenvalue weighted by Gasteiger charge is -2.31. The molecule has 3 rings (SSSR count). The Morgan fingerprint density at radius 2 is 2.20 bits per heavy atom. The van der Waals surface area contributed by atoms with E-state index < -0.39 is 0 Å². The van der Waals surface area contributed by atoms with Crippen LogP contribution in [-0.4, -0.2) is 48.3 Å². The van der Waals surface area contributed by atoms with Gasteiger partial charge in [-0.05, 0) is 43.7 Å². The van der Waals surface area contributed by atoms with Crippen LogP contribution in [0.1, 0.15) is 39.4 Å². The van der Waals surface area contributed by atoms with Gasteiger partial charge in [0, 0.05) is 18.0 Å². The molecule has 1 saturated heterocycles. The van der Waals surface area contributed by atoms with E-state index in [4.69, 9.17) is 9.84 Å². The minimum atomic E-state index is 0.0693. The van der Waals surface area contributed by atoms with Crippen molar-refractivity contribution in [2.45, 2.75) is 38.2 Å². The summed E-state index contributed by atoms with van der Waals surface area (Å²) in [7, 11) is 0. The Balaban J connectivity index is 1.56. The lowest BCUT2D eigenvalue weighted by molar-refractivity contribution is -0.00545. The van der Waals surface area contributed by atoms with Crippen molar-refractivity contribution in [2.24, 2.45) is 0 Å². The molecule has 0 atom stereocenters. The van der Waals surface area contributed by atoms with Crippen molar-refractivity contribution in [3.8, 4) is 0 Å². The topological polar surface area (TPSA) is 49.8 Å². The van der Waals surface area contributed by atoms with E-state index in [-0.39, 0.29) is 18.6 Å². The van der Waals surface area contributed by atoms with Crippen molar-refractivity contribution in [3.05, 3.63) is 21.4 Å². The van der Waals surface area contributed by atoms with Crippen molar-refractivity contribution in [3.63, 3.8) is 0 Å². The number of piperidine rings is 1. The van der Waals surface area contributed by atoms with E-state index in [1.165, 1.54) is 16.9 Å². The molecule has 4 nitrogen and oxygen atoms in total. The summed E-state index contributed by atoms with van der Waals surface area (Å²) in [6.07, 6.45) is 5.46. The molecule has 1 N–H and O–H groups in total. The Labute approximate surface area is 123 Å². The average Bonchev–Trinajstić information content (AvgIpc) is 3.06. The molecule has 1 amide bonds. The minimum absolute atomic E-state index is 0.0693. The van der Waals surface area contributed by atoms with Gasteiger partial charge in [0.15, 0.2) is 0 Å². The number of aliphatic hydroxyl groups excluding tert-OH is 1. The summed E-state index contributed by atoms with van der Waals surface area (Å²) in [5.41, 5.74) is 1.39. The maximum atomic E-state index is 12.5. The van der Waals surface area contributed by atoms with Crippen LogP contribution in [-0.2, 0) is 17.6 Å². The Morgan fingerprint density at radius 1 is 1.40 bits per heavy atom. The maximum absolute atomic E-state index is 12.5. The van der Waals surface area contributed by atoms with Gasteiger partial charge in [-0.15, -0.1) is 11.3 Å². The van der Waals surface area contributed by atoms with Crippen molar-refractivity contribution < 1.29 is 14.6 Å². The number of thiophene rings is 1. The number of nitrogens with zero attached hydrogens (tertiary/aromatic N) is 1. The number of ether oxygens (including phenoxy) is 1. The number of amides is 1. The van der Waals surface area contributed by atoms with Crippen LogP contribution in [0.25, 0.3) is 0 Å². The lowest BCUT2D eigenvalue weighted by atomic mass is 10.1. The molecule has 0 unspecified atom stereocenters. The first-order valence-corrected chi connectivity index (χ1v) is 8.23. The first-order valence-electron chi connectivity index (χ1n) is 7.41. The van der Waals surface area contributed by atoms with Crippen LogP contribution in [0.3, 0.4) is 0 Å². The number of likely N-dealkylation sites (tertiary alicyclic amines) is 1. The molecule has 0 aromatic carbocycles. The van der Waals surface area contributed by atoms with Crippen LogP contribution in [0.15, 0.2) is 6.07 Å². The number of fused-ring (bicyclic) bond motifs is 1. The fourth-order valence-electron chi connectivity index (χ4n) is 3.04. The second kappa shape index (κ2) is 6.24. The van der Waals surface area contributed by atoms with E-state index in [0.717, 1.165) is 43.6 Å². The van der Waals surface area contributed by atoms with Crippen LogP contribution in [0.2, 0.25) is 0 Å². The second-order valence-corrected chi connectivity index (χ2v) is 6.64. The highest BCUT2D eigenvalue weighted by atomic mass is 32.1. The Bertz CT molecular complexity index is 456. The summed E-state index contributed by atoms with van der Waals surface area (Å²) in [6, 6.07) is 2.10. The van der Waals surface area contributed by atoms with Crippen LogP contribution < -0.4 is 0 Å². The number of carbonyl (C=O) groups excluding carboxylic acids is 1. The standard InChI is InChI=1S/C15H21NO3S/c17-8-9-19-12-4-6-16(7-5-12)15(18)14-10-11-2-1-3-13(11)20-14/h10,12,17H,1-9H2. The number of hydrogen-bond donors (Lipinski definition) is 1. The zero-order valence-electron chi connectivity index (χ0n) is 11.6. The smallest absolute Gasteiger partial charge is 0.263 e. The van der Waals surface area contributed by atoms with Crippen molar-refractivity contribution in [1.82, 2.24) is 4.90 Å². The van der Waals surface area contributed by atoms with E-state index in [2.05, 4.69) is 6.07 Å². The quantitative estimate of drug-likeness (QED) is 0.922. The molecule has 1 aromatic rings. The van der Waals surface area contributed by atoms with E-state index >= 15 is 0 Å². The van der Waals surface area contributed by atoms with Crippen LogP contribution in [0, 0.1) is 0 Å². The molecule has 0 bridgehead atoms. The van der Waals surface area contributed by atoms with E-state index in [9.17, 15) is 4.79 Å². The van der Waals surface area contributed by atoms with Gasteiger partial charge in [0.2, 0.25) is 0 Å². The predicted octanol–water partition coefficient (Wildman–Crippen LogP) is 1.85. The molecule has 1 aliphatic heterocycles. The summed E-state index contributed by atoms with van der Waals surface area (Å²) in [6.45, 7) is 1.99. The molecule has 1 aromatic heterocycles. The van der Waals surface area contributed by atoms with Crippen LogP contribution in [0.5, 0.6) is 0 Å². The van der Waals surface area contributed by atoms with E-state index in [0.29, 0.717) is 6.61 Å². The first-order chi connectivity index (χ1) is 9.78. The number of aliphatic hydroxyl groups is 1. The van der Waals surface area contributed by atoms with Gasteiger partial charge in [-0.1, -0.05) is 0 Å². The SMILES string of the molecule is O=C(c1cc2c(s1)CCC2)N1CCC(OCCO)CC1. The zero-order valence-corrected chi connectivity index (χ0v) is 12.5. The largest absolute Gasteiger partial charge is 0.394 e. The van der Waals surface area contributed by atoms with Gasteiger partial charge in [0.05, 0.1) is 24.2 Å². The Hall–Kier alpha value is -0.910. The number of rotatable bonds is 4. The fourth-order valence-corrected chi connectivity index (χ4v) is 4.26. The van der Waals surface area contributed by atoms with Crippen molar-refractivity contribution >= 4 is 17.2 Å². The van der Waals surface area contributed by atoms with Gasteiger partial charge in [0.1, 0.15) is 0 Å². The third-order valence-electron chi connectivity index (χ3n) is 4.13. The molecule has 110 valence electrons. The summed E-state index contributed by atoms with van der Waals surface area (Å²) in [4.78, 5) is 16.7. The maximum Gasteiger partial charge on any atom is 0.263 e. The molecule has 0 saturated carbocycles. The molecule has 0 radical (unpaired) electrons. The van der Waals surface area contributed by atoms with E-state index in [1.54, 1.807) is 11.3 Å². The van der Waals surface area contributed by atoms with Gasteiger partial charge in [-0.3, -0.25) is 4.79 Å².